The van der Waals surface area contributed by atoms with Gasteiger partial charge in [0.25, 0.3) is 0 Å². The molecule has 13 heavy (non-hydrogen) atoms. The molecule has 66 valence electrons. The van der Waals surface area contributed by atoms with Crippen LogP contribution in [0.4, 0.5) is 0 Å². The largest absolute Gasteiger partial charge is 0.241 e. The van der Waals surface area contributed by atoms with Crippen LogP contribution >= 0.6 is 22.6 Å². The fourth-order valence-corrected chi connectivity index (χ4v) is 1.86. The van der Waals surface area contributed by atoms with Crippen LogP contribution in [0.3, 0.4) is 0 Å². The highest BCUT2D eigenvalue weighted by atomic mass is 127. The molecule has 0 bridgehead atoms. The number of aryl methyl sites for hydroxylation is 1. The normalized spacial score (nSPS) is 10.6. The van der Waals surface area contributed by atoms with E-state index in [2.05, 4.69) is 51.6 Å². The molecule has 0 N–H and O–H groups in total. The first-order valence-corrected chi connectivity index (χ1v) is 5.28. The second-order valence-electron chi connectivity index (χ2n) is 2.84. The predicted octanol–water partition coefficient (Wildman–Crippen LogP) is 2.80. The fourth-order valence-electron chi connectivity index (χ4n) is 1.36. The zero-order valence-electron chi connectivity index (χ0n) is 7.29. The van der Waals surface area contributed by atoms with Gasteiger partial charge in [-0.15, -0.1) is 0 Å². The SMILES string of the molecule is CCc1ncnc2ccc(I)cc12. The molecular weight excluding hydrogens is 275 g/mol. The van der Waals surface area contributed by atoms with Gasteiger partial charge in [-0.3, -0.25) is 0 Å². The highest BCUT2D eigenvalue weighted by molar-refractivity contribution is 14.1. The maximum absolute atomic E-state index is 4.25. The zero-order valence-corrected chi connectivity index (χ0v) is 9.45. The van der Waals surface area contributed by atoms with Gasteiger partial charge in [-0.25, -0.2) is 9.97 Å². The highest BCUT2D eigenvalue weighted by Crippen LogP contribution is 2.17. The number of fused-ring (bicyclic) bond motifs is 1. The Morgan fingerprint density at radius 3 is 2.92 bits per heavy atom. The standard InChI is InChI=1S/C10H9IN2/c1-2-9-8-5-7(11)3-4-10(8)13-6-12-9/h3-6H,2H2,1H3. The minimum atomic E-state index is 0.957. The Morgan fingerprint density at radius 1 is 1.31 bits per heavy atom. The minimum absolute atomic E-state index is 0.957. The van der Waals surface area contributed by atoms with Gasteiger partial charge in [-0.05, 0) is 47.2 Å². The summed E-state index contributed by atoms with van der Waals surface area (Å²) in [6, 6.07) is 6.24. The van der Waals surface area contributed by atoms with Crippen molar-refractivity contribution in [3.63, 3.8) is 0 Å². The first-order valence-electron chi connectivity index (χ1n) is 4.20. The fraction of sp³-hybridized carbons (Fsp3) is 0.200. The molecule has 0 radical (unpaired) electrons. The van der Waals surface area contributed by atoms with Crippen LogP contribution in [0.15, 0.2) is 24.5 Å². The van der Waals surface area contributed by atoms with Gasteiger partial charge in [0.1, 0.15) is 6.33 Å². The molecular formula is C10H9IN2. The van der Waals surface area contributed by atoms with E-state index in [1.807, 2.05) is 6.07 Å². The van der Waals surface area contributed by atoms with Crippen molar-refractivity contribution in [1.29, 1.82) is 0 Å². The molecule has 2 nitrogen and oxygen atoms in total. The van der Waals surface area contributed by atoms with Crippen LogP contribution in [-0.4, -0.2) is 9.97 Å². The van der Waals surface area contributed by atoms with Crippen molar-refractivity contribution < 1.29 is 0 Å². The van der Waals surface area contributed by atoms with Gasteiger partial charge in [-0.1, -0.05) is 6.92 Å². The van der Waals surface area contributed by atoms with Crippen LogP contribution in [0.2, 0.25) is 0 Å². The summed E-state index contributed by atoms with van der Waals surface area (Å²) in [5.41, 5.74) is 2.16. The smallest absolute Gasteiger partial charge is 0.116 e. The topological polar surface area (TPSA) is 25.8 Å². The van der Waals surface area contributed by atoms with Gasteiger partial charge < -0.3 is 0 Å². The molecule has 0 aliphatic heterocycles. The molecule has 0 saturated carbocycles. The van der Waals surface area contributed by atoms with Crippen LogP contribution in [0, 0.1) is 3.57 Å². The van der Waals surface area contributed by atoms with Gasteiger partial charge >= 0.3 is 0 Å². The van der Waals surface area contributed by atoms with Crippen LogP contribution in [0.5, 0.6) is 0 Å². The van der Waals surface area contributed by atoms with E-state index in [-0.39, 0.29) is 0 Å². The maximum atomic E-state index is 4.25. The summed E-state index contributed by atoms with van der Waals surface area (Å²) in [4.78, 5) is 8.47. The summed E-state index contributed by atoms with van der Waals surface area (Å²) < 4.78 is 1.23. The van der Waals surface area contributed by atoms with Crippen molar-refractivity contribution in [2.45, 2.75) is 13.3 Å². The quantitative estimate of drug-likeness (QED) is 0.752. The van der Waals surface area contributed by atoms with Crippen molar-refractivity contribution in [3.8, 4) is 0 Å². The van der Waals surface area contributed by atoms with Gasteiger partial charge in [0.2, 0.25) is 0 Å². The molecule has 0 unspecified atom stereocenters. The molecule has 3 heteroatoms. The van der Waals surface area contributed by atoms with Crippen molar-refractivity contribution in [2.24, 2.45) is 0 Å². The molecule has 0 fully saturated rings. The maximum Gasteiger partial charge on any atom is 0.116 e. The first kappa shape index (κ1) is 8.87. The summed E-state index contributed by atoms with van der Waals surface area (Å²) in [5.74, 6) is 0. The lowest BCUT2D eigenvalue weighted by atomic mass is 10.1. The van der Waals surface area contributed by atoms with Gasteiger partial charge in [0, 0.05) is 8.96 Å². The van der Waals surface area contributed by atoms with Crippen LogP contribution in [0.25, 0.3) is 10.9 Å². The van der Waals surface area contributed by atoms with Gasteiger partial charge in [0.05, 0.1) is 11.2 Å². The average molecular weight is 284 g/mol. The molecule has 0 amide bonds. The second-order valence-corrected chi connectivity index (χ2v) is 4.08. The molecule has 0 aliphatic rings. The van der Waals surface area contributed by atoms with E-state index in [0.29, 0.717) is 0 Å². The third-order valence-electron chi connectivity index (χ3n) is 2.01. The molecule has 1 aromatic heterocycles. The molecule has 0 aliphatic carbocycles. The lowest BCUT2D eigenvalue weighted by Crippen LogP contribution is -1.91. The van der Waals surface area contributed by atoms with E-state index < -0.39 is 0 Å². The van der Waals surface area contributed by atoms with E-state index in [4.69, 9.17) is 0 Å². The summed E-state index contributed by atoms with van der Waals surface area (Å²) >= 11 is 2.31. The summed E-state index contributed by atoms with van der Waals surface area (Å²) in [7, 11) is 0. The molecule has 2 rings (SSSR count). The molecule has 0 saturated heterocycles. The van der Waals surface area contributed by atoms with Crippen LogP contribution < -0.4 is 0 Å². The number of nitrogens with zero attached hydrogens (tertiary/aromatic N) is 2. The van der Waals surface area contributed by atoms with E-state index in [0.717, 1.165) is 17.6 Å². The van der Waals surface area contributed by atoms with Crippen molar-refractivity contribution in [3.05, 3.63) is 33.8 Å². The molecule has 0 atom stereocenters. The van der Waals surface area contributed by atoms with Gasteiger partial charge in [-0.2, -0.15) is 0 Å². The van der Waals surface area contributed by atoms with E-state index >= 15 is 0 Å². The summed E-state index contributed by atoms with van der Waals surface area (Å²) in [6.45, 7) is 2.11. The summed E-state index contributed by atoms with van der Waals surface area (Å²) in [6.07, 6.45) is 2.59. The Kier molecular flexibility index (Phi) is 2.44. The highest BCUT2D eigenvalue weighted by Gasteiger charge is 2.01. The molecule has 1 heterocycles. The number of hydrogen-bond acceptors (Lipinski definition) is 2. The third kappa shape index (κ3) is 1.65. The third-order valence-corrected chi connectivity index (χ3v) is 2.69. The first-order chi connectivity index (χ1) is 6.31. The number of rotatable bonds is 1. The predicted molar refractivity (Wildman–Crippen MR) is 61.6 cm³/mol. The summed E-state index contributed by atoms with van der Waals surface area (Å²) in [5, 5.41) is 1.18. The van der Waals surface area contributed by atoms with E-state index in [9.17, 15) is 0 Å². The van der Waals surface area contributed by atoms with Crippen molar-refractivity contribution in [1.82, 2.24) is 9.97 Å². The monoisotopic (exact) mass is 284 g/mol. The number of aromatic nitrogens is 2. The minimum Gasteiger partial charge on any atom is -0.241 e. The Balaban J connectivity index is 2.79. The number of hydrogen-bond donors (Lipinski definition) is 0. The number of halogens is 1. The molecule has 2 aromatic rings. The Hall–Kier alpha value is -0.710. The lowest BCUT2D eigenvalue weighted by Gasteiger charge is -2.01. The Bertz CT molecular complexity index is 440. The van der Waals surface area contributed by atoms with Gasteiger partial charge in [0.15, 0.2) is 0 Å². The number of benzene rings is 1. The second kappa shape index (κ2) is 3.57. The molecule has 1 aromatic carbocycles. The van der Waals surface area contributed by atoms with Crippen molar-refractivity contribution in [2.75, 3.05) is 0 Å². The van der Waals surface area contributed by atoms with E-state index in [1.54, 1.807) is 6.33 Å². The van der Waals surface area contributed by atoms with Crippen LogP contribution in [0.1, 0.15) is 12.6 Å². The lowest BCUT2D eigenvalue weighted by molar-refractivity contribution is 1.03. The Labute approximate surface area is 90.5 Å². The van der Waals surface area contributed by atoms with Crippen LogP contribution in [-0.2, 0) is 6.42 Å². The zero-order chi connectivity index (χ0) is 9.26. The average Bonchev–Trinajstić information content (AvgIpc) is 2.17. The van der Waals surface area contributed by atoms with E-state index in [1.165, 1.54) is 8.96 Å². The molecule has 0 spiro atoms. The Morgan fingerprint density at radius 2 is 2.15 bits per heavy atom. The van der Waals surface area contributed by atoms with Crippen molar-refractivity contribution >= 4 is 33.5 Å².